The van der Waals surface area contributed by atoms with Gasteiger partial charge >= 0.3 is 12.1 Å². The Kier molecular flexibility index (Phi) is 4.58. The summed E-state index contributed by atoms with van der Waals surface area (Å²) < 4.78 is 5.48. The summed E-state index contributed by atoms with van der Waals surface area (Å²) in [5.41, 5.74) is 3.25. The second-order valence-corrected chi connectivity index (χ2v) is 7.12. The van der Waals surface area contributed by atoms with Crippen molar-refractivity contribution in [1.29, 1.82) is 0 Å². The standard InChI is InChI=1S/C21H22N2O4/c24-19(25)21(10-5-11-22-13-21)23-20(26)27-12-18-16-8-3-1-6-14(16)15-7-2-4-9-17(15)18/h1-4,6-9,18,22H,5,10-13H2,(H,23,26)(H,24,25)/t21-/m0/s1. The number of aliphatic carboxylic acids is 1. The number of nitrogens with one attached hydrogen (secondary N) is 2. The first-order chi connectivity index (χ1) is 13.1. The van der Waals surface area contributed by atoms with Gasteiger partial charge in [0.25, 0.3) is 0 Å². The van der Waals surface area contributed by atoms with Crippen molar-refractivity contribution < 1.29 is 19.4 Å². The highest BCUT2D eigenvalue weighted by Gasteiger charge is 2.42. The van der Waals surface area contributed by atoms with Gasteiger partial charge in [-0.15, -0.1) is 0 Å². The lowest BCUT2D eigenvalue weighted by atomic mass is 9.90. The summed E-state index contributed by atoms with van der Waals surface area (Å²) in [6, 6.07) is 16.2. The molecule has 27 heavy (non-hydrogen) atoms. The van der Waals surface area contributed by atoms with Crippen molar-refractivity contribution >= 4 is 12.1 Å². The van der Waals surface area contributed by atoms with Crippen molar-refractivity contribution in [2.75, 3.05) is 19.7 Å². The summed E-state index contributed by atoms with van der Waals surface area (Å²) in [5.74, 6) is -1.09. The van der Waals surface area contributed by atoms with Crippen LogP contribution >= 0.6 is 0 Å². The van der Waals surface area contributed by atoms with E-state index in [1.54, 1.807) is 0 Å². The molecule has 140 valence electrons. The van der Waals surface area contributed by atoms with E-state index in [0.717, 1.165) is 28.8 Å². The van der Waals surface area contributed by atoms with E-state index >= 15 is 0 Å². The maximum absolute atomic E-state index is 12.4. The molecule has 2 aliphatic rings. The highest BCUT2D eigenvalue weighted by atomic mass is 16.5. The van der Waals surface area contributed by atoms with E-state index in [0.29, 0.717) is 12.8 Å². The van der Waals surface area contributed by atoms with E-state index in [2.05, 4.69) is 22.8 Å². The topological polar surface area (TPSA) is 87.7 Å². The molecule has 0 saturated carbocycles. The van der Waals surface area contributed by atoms with Gasteiger partial charge in [-0.3, -0.25) is 0 Å². The van der Waals surface area contributed by atoms with Crippen LogP contribution in [0, 0.1) is 0 Å². The summed E-state index contributed by atoms with van der Waals surface area (Å²) in [7, 11) is 0. The summed E-state index contributed by atoms with van der Waals surface area (Å²) in [6.45, 7) is 1.12. The van der Waals surface area contributed by atoms with Crippen LogP contribution in [0.4, 0.5) is 4.79 Å². The second-order valence-electron chi connectivity index (χ2n) is 7.12. The molecule has 6 nitrogen and oxygen atoms in total. The van der Waals surface area contributed by atoms with Gasteiger partial charge in [0.05, 0.1) is 0 Å². The predicted molar refractivity (Wildman–Crippen MR) is 101 cm³/mol. The average Bonchev–Trinajstić information content (AvgIpc) is 3.01. The molecule has 0 aromatic heterocycles. The number of alkyl carbamates (subject to hydrolysis) is 1. The van der Waals surface area contributed by atoms with Gasteiger partial charge in [0.1, 0.15) is 6.61 Å². The minimum atomic E-state index is -1.30. The Balaban J connectivity index is 1.49. The number of carbonyl (C=O) groups is 2. The Morgan fingerprint density at radius 2 is 1.74 bits per heavy atom. The normalized spacial score (nSPS) is 21.2. The number of carboxylic acids is 1. The molecule has 1 atom stereocenters. The van der Waals surface area contributed by atoms with Crippen molar-refractivity contribution in [3.05, 3.63) is 59.7 Å². The molecule has 0 radical (unpaired) electrons. The van der Waals surface area contributed by atoms with E-state index in [4.69, 9.17) is 4.74 Å². The molecule has 0 unspecified atom stereocenters. The summed E-state index contributed by atoms with van der Waals surface area (Å²) in [5, 5.41) is 15.2. The zero-order valence-electron chi connectivity index (χ0n) is 14.9. The number of hydrogen-bond donors (Lipinski definition) is 3. The lowest BCUT2D eigenvalue weighted by Gasteiger charge is -2.34. The van der Waals surface area contributed by atoms with Gasteiger partial charge in [0, 0.05) is 12.5 Å². The molecule has 1 fully saturated rings. The molecule has 2 aromatic carbocycles. The lowest BCUT2D eigenvalue weighted by Crippen LogP contribution is -2.62. The number of piperidine rings is 1. The molecule has 2 aromatic rings. The Bertz CT molecular complexity index is 828. The number of ether oxygens (including phenoxy) is 1. The quantitative estimate of drug-likeness (QED) is 0.774. The fraction of sp³-hybridized carbons (Fsp3) is 0.333. The number of benzene rings is 2. The SMILES string of the molecule is O=C(N[C@@]1(C(=O)O)CCCNC1)OCC1c2ccccc2-c2ccccc21. The highest BCUT2D eigenvalue weighted by molar-refractivity contribution is 5.85. The lowest BCUT2D eigenvalue weighted by molar-refractivity contribution is -0.145. The van der Waals surface area contributed by atoms with Crippen molar-refractivity contribution in [3.63, 3.8) is 0 Å². The van der Waals surface area contributed by atoms with Crippen molar-refractivity contribution in [3.8, 4) is 11.1 Å². The molecule has 3 N–H and O–H groups in total. The average molecular weight is 366 g/mol. The van der Waals surface area contributed by atoms with Crippen LogP contribution in [0.3, 0.4) is 0 Å². The third-order valence-electron chi connectivity index (χ3n) is 5.48. The van der Waals surface area contributed by atoms with Gasteiger partial charge in [-0.1, -0.05) is 48.5 Å². The first-order valence-corrected chi connectivity index (χ1v) is 9.18. The Labute approximate surface area is 157 Å². The van der Waals surface area contributed by atoms with Gasteiger partial charge < -0.3 is 20.5 Å². The number of amides is 1. The van der Waals surface area contributed by atoms with Crippen LogP contribution in [-0.2, 0) is 9.53 Å². The molecule has 1 heterocycles. The molecule has 0 bridgehead atoms. The van der Waals surface area contributed by atoms with Crippen LogP contribution in [0.2, 0.25) is 0 Å². The molecule has 1 aliphatic heterocycles. The fourth-order valence-electron chi connectivity index (χ4n) is 4.08. The fourth-order valence-corrected chi connectivity index (χ4v) is 4.08. The third kappa shape index (κ3) is 3.17. The van der Waals surface area contributed by atoms with E-state index < -0.39 is 17.6 Å². The first kappa shape index (κ1) is 17.5. The van der Waals surface area contributed by atoms with Crippen LogP contribution in [0.5, 0.6) is 0 Å². The number of fused-ring (bicyclic) bond motifs is 3. The number of hydrogen-bond acceptors (Lipinski definition) is 4. The number of carbonyl (C=O) groups excluding carboxylic acids is 1. The van der Waals surface area contributed by atoms with E-state index in [1.807, 2.05) is 36.4 Å². The molecular formula is C21H22N2O4. The molecule has 0 spiro atoms. The van der Waals surface area contributed by atoms with Gasteiger partial charge in [-0.25, -0.2) is 9.59 Å². The smallest absolute Gasteiger partial charge is 0.408 e. The minimum Gasteiger partial charge on any atom is -0.479 e. The van der Waals surface area contributed by atoms with Crippen molar-refractivity contribution in [2.45, 2.75) is 24.3 Å². The van der Waals surface area contributed by atoms with Gasteiger partial charge in [-0.2, -0.15) is 0 Å². The zero-order chi connectivity index (χ0) is 18.9. The van der Waals surface area contributed by atoms with Gasteiger partial charge in [-0.05, 0) is 41.6 Å². The molecule has 6 heteroatoms. The monoisotopic (exact) mass is 366 g/mol. The van der Waals surface area contributed by atoms with Gasteiger partial charge in [0.15, 0.2) is 5.54 Å². The van der Waals surface area contributed by atoms with E-state index in [1.165, 1.54) is 0 Å². The predicted octanol–water partition coefficient (Wildman–Crippen LogP) is 2.73. The zero-order valence-corrected chi connectivity index (χ0v) is 14.9. The summed E-state index contributed by atoms with van der Waals surface area (Å²) in [6.07, 6.45) is 0.387. The van der Waals surface area contributed by atoms with E-state index in [-0.39, 0.29) is 19.1 Å². The third-order valence-corrected chi connectivity index (χ3v) is 5.48. The van der Waals surface area contributed by atoms with Crippen LogP contribution in [0.15, 0.2) is 48.5 Å². The van der Waals surface area contributed by atoms with Crippen LogP contribution in [-0.4, -0.2) is 42.4 Å². The maximum Gasteiger partial charge on any atom is 0.408 e. The van der Waals surface area contributed by atoms with Crippen LogP contribution < -0.4 is 10.6 Å². The highest BCUT2D eigenvalue weighted by Crippen LogP contribution is 2.44. The van der Waals surface area contributed by atoms with Crippen LogP contribution in [0.1, 0.15) is 29.9 Å². The summed E-state index contributed by atoms with van der Waals surface area (Å²) >= 11 is 0. The van der Waals surface area contributed by atoms with Gasteiger partial charge in [0.2, 0.25) is 0 Å². The van der Waals surface area contributed by atoms with E-state index in [9.17, 15) is 14.7 Å². The minimum absolute atomic E-state index is 0.0478. The molecular weight excluding hydrogens is 344 g/mol. The Hall–Kier alpha value is -2.86. The molecule has 4 rings (SSSR count). The second kappa shape index (κ2) is 7.04. The first-order valence-electron chi connectivity index (χ1n) is 9.18. The summed E-state index contributed by atoms with van der Waals surface area (Å²) in [4.78, 5) is 24.1. The van der Waals surface area contributed by atoms with Crippen molar-refractivity contribution in [2.24, 2.45) is 0 Å². The van der Waals surface area contributed by atoms with Crippen LogP contribution in [0.25, 0.3) is 11.1 Å². The largest absolute Gasteiger partial charge is 0.479 e. The molecule has 1 saturated heterocycles. The number of rotatable bonds is 4. The maximum atomic E-state index is 12.4. The number of carboxylic acid groups (broad SMARTS) is 1. The Morgan fingerprint density at radius 3 is 2.30 bits per heavy atom. The Morgan fingerprint density at radius 1 is 1.11 bits per heavy atom. The molecule has 1 aliphatic carbocycles. The molecule has 1 amide bonds. The van der Waals surface area contributed by atoms with Crippen molar-refractivity contribution in [1.82, 2.24) is 10.6 Å².